The third-order valence-electron chi connectivity index (χ3n) is 6.46. The second kappa shape index (κ2) is 9.02. The molecular weight excluding hydrogens is 451 g/mol. The molecular formula is C24H26Cl2N2O4. The smallest absolute Gasteiger partial charge is 0.312 e. The second-order valence-corrected chi connectivity index (χ2v) is 9.61. The van der Waals surface area contributed by atoms with Crippen LogP contribution in [-0.4, -0.2) is 58.0 Å². The molecule has 8 heteroatoms. The molecule has 0 radical (unpaired) electrons. The van der Waals surface area contributed by atoms with Crippen LogP contribution in [0.5, 0.6) is 0 Å². The molecule has 2 atom stereocenters. The number of hydrogen-bond donors (Lipinski definition) is 2. The summed E-state index contributed by atoms with van der Waals surface area (Å²) < 4.78 is 0. The molecule has 2 aromatic carbocycles. The Kier molecular flexibility index (Phi) is 6.50. The lowest BCUT2D eigenvalue weighted by Crippen LogP contribution is -2.56. The summed E-state index contributed by atoms with van der Waals surface area (Å²) >= 11 is 11.9. The van der Waals surface area contributed by atoms with Crippen LogP contribution in [0.2, 0.25) is 10.0 Å². The van der Waals surface area contributed by atoms with Gasteiger partial charge in [-0.05, 0) is 61.1 Å². The number of β-amino-alcohol motifs (C(OH)–C–C–N with tert-alkyl or cyclic N) is 2. The van der Waals surface area contributed by atoms with Crippen LogP contribution in [0.25, 0.3) is 0 Å². The molecule has 2 fully saturated rings. The predicted octanol–water partition coefficient (Wildman–Crippen LogP) is 3.31. The number of benzene rings is 2. The Bertz CT molecular complexity index is 917. The first-order chi connectivity index (χ1) is 15.2. The lowest BCUT2D eigenvalue weighted by atomic mass is 9.85. The maximum atomic E-state index is 13.1. The van der Waals surface area contributed by atoms with Crippen LogP contribution in [0, 0.1) is 0 Å². The molecule has 2 saturated heterocycles. The monoisotopic (exact) mass is 476 g/mol. The van der Waals surface area contributed by atoms with Gasteiger partial charge < -0.3 is 20.0 Å². The summed E-state index contributed by atoms with van der Waals surface area (Å²) in [5.74, 6) is -1.31. The SMILES string of the molecule is O=C(C(=O)N1CCCC(O)(c2ccc(Cl)cc2)C1)N1CCCC(O)(c2ccc(Cl)cc2)C1. The Balaban J connectivity index is 1.47. The molecule has 2 unspecified atom stereocenters. The topological polar surface area (TPSA) is 81.1 Å². The summed E-state index contributed by atoms with van der Waals surface area (Å²) in [6.45, 7) is 0.870. The van der Waals surface area contributed by atoms with Crippen LogP contribution in [-0.2, 0) is 20.8 Å². The Morgan fingerprint density at radius 3 is 1.38 bits per heavy atom. The van der Waals surface area contributed by atoms with Gasteiger partial charge in [0, 0.05) is 23.1 Å². The first-order valence-electron chi connectivity index (χ1n) is 10.8. The van der Waals surface area contributed by atoms with Crippen molar-refractivity contribution in [2.24, 2.45) is 0 Å². The zero-order chi connectivity index (χ0) is 22.9. The van der Waals surface area contributed by atoms with Crippen LogP contribution in [0.4, 0.5) is 0 Å². The van der Waals surface area contributed by atoms with Crippen LogP contribution in [0.3, 0.4) is 0 Å². The maximum absolute atomic E-state index is 13.1. The molecule has 32 heavy (non-hydrogen) atoms. The van der Waals surface area contributed by atoms with E-state index in [0.29, 0.717) is 59.9 Å². The maximum Gasteiger partial charge on any atom is 0.312 e. The third kappa shape index (κ3) is 4.64. The van der Waals surface area contributed by atoms with Gasteiger partial charge in [-0.1, -0.05) is 47.5 Å². The molecule has 2 aliphatic heterocycles. The minimum absolute atomic E-state index is 0.0362. The van der Waals surface area contributed by atoms with Crippen molar-refractivity contribution in [2.45, 2.75) is 36.9 Å². The highest BCUT2D eigenvalue weighted by atomic mass is 35.5. The Labute approximate surface area is 197 Å². The van der Waals surface area contributed by atoms with Crippen molar-refractivity contribution in [1.82, 2.24) is 9.80 Å². The molecule has 2 heterocycles. The highest BCUT2D eigenvalue weighted by Crippen LogP contribution is 2.34. The number of carbonyl (C=O) groups is 2. The Morgan fingerprint density at radius 1 is 0.688 bits per heavy atom. The number of rotatable bonds is 2. The molecule has 0 aliphatic carbocycles. The molecule has 0 bridgehead atoms. The van der Waals surface area contributed by atoms with Crippen molar-refractivity contribution in [3.8, 4) is 0 Å². The fourth-order valence-electron chi connectivity index (χ4n) is 4.68. The van der Waals surface area contributed by atoms with E-state index in [4.69, 9.17) is 23.2 Å². The molecule has 2 aromatic rings. The summed E-state index contributed by atoms with van der Waals surface area (Å²) in [7, 11) is 0. The van der Waals surface area contributed by atoms with Gasteiger partial charge in [0.1, 0.15) is 11.2 Å². The molecule has 0 aromatic heterocycles. The zero-order valence-corrected chi connectivity index (χ0v) is 19.1. The van der Waals surface area contributed by atoms with Crippen molar-refractivity contribution in [1.29, 1.82) is 0 Å². The van der Waals surface area contributed by atoms with E-state index in [2.05, 4.69) is 0 Å². The minimum Gasteiger partial charge on any atom is -0.383 e. The molecule has 0 saturated carbocycles. The Morgan fingerprint density at radius 2 is 1.03 bits per heavy atom. The van der Waals surface area contributed by atoms with Gasteiger partial charge in [-0.2, -0.15) is 0 Å². The fourth-order valence-corrected chi connectivity index (χ4v) is 4.93. The van der Waals surface area contributed by atoms with Crippen LogP contribution in [0.1, 0.15) is 36.8 Å². The number of nitrogens with zero attached hydrogens (tertiary/aromatic N) is 2. The summed E-state index contributed by atoms with van der Waals surface area (Å²) in [5, 5.41) is 23.5. The quantitative estimate of drug-likeness (QED) is 0.651. The van der Waals surface area contributed by atoms with Crippen molar-refractivity contribution >= 4 is 35.0 Å². The van der Waals surface area contributed by atoms with Gasteiger partial charge >= 0.3 is 11.8 Å². The van der Waals surface area contributed by atoms with E-state index >= 15 is 0 Å². The van der Waals surface area contributed by atoms with Crippen LogP contribution < -0.4 is 0 Å². The van der Waals surface area contributed by atoms with E-state index in [1.54, 1.807) is 48.5 Å². The molecule has 4 rings (SSSR count). The van der Waals surface area contributed by atoms with Gasteiger partial charge in [-0.15, -0.1) is 0 Å². The predicted molar refractivity (Wildman–Crippen MR) is 122 cm³/mol. The average molecular weight is 477 g/mol. The highest BCUT2D eigenvalue weighted by Gasteiger charge is 2.42. The largest absolute Gasteiger partial charge is 0.383 e. The standard InChI is InChI=1S/C24H26Cl2N2O4/c25-19-7-3-17(4-8-19)23(31)11-1-13-27(15-23)21(29)22(30)28-14-2-12-24(32,16-28)18-5-9-20(26)10-6-18/h3-10,31-32H,1-2,11-16H2. The molecule has 2 aliphatic rings. The number of carbonyl (C=O) groups excluding carboxylic acids is 2. The molecule has 170 valence electrons. The lowest BCUT2D eigenvalue weighted by molar-refractivity contribution is -0.159. The highest BCUT2D eigenvalue weighted by molar-refractivity contribution is 6.35. The molecule has 6 nitrogen and oxygen atoms in total. The van der Waals surface area contributed by atoms with E-state index in [1.807, 2.05) is 0 Å². The molecule has 0 spiro atoms. The number of halogens is 2. The summed E-state index contributed by atoms with van der Waals surface area (Å²) in [6, 6.07) is 13.8. The van der Waals surface area contributed by atoms with E-state index in [0.717, 1.165) is 0 Å². The summed E-state index contributed by atoms with van der Waals surface area (Å²) in [6.07, 6.45) is 2.14. The van der Waals surface area contributed by atoms with E-state index in [-0.39, 0.29) is 13.1 Å². The second-order valence-electron chi connectivity index (χ2n) is 8.74. The van der Waals surface area contributed by atoms with Gasteiger partial charge in [0.05, 0.1) is 13.1 Å². The third-order valence-corrected chi connectivity index (χ3v) is 6.97. The molecule has 2 N–H and O–H groups in total. The van der Waals surface area contributed by atoms with Crippen molar-refractivity contribution in [3.05, 3.63) is 69.7 Å². The fraction of sp³-hybridized carbons (Fsp3) is 0.417. The van der Waals surface area contributed by atoms with Gasteiger partial charge in [0.2, 0.25) is 0 Å². The van der Waals surface area contributed by atoms with Gasteiger partial charge in [-0.25, -0.2) is 0 Å². The van der Waals surface area contributed by atoms with Gasteiger partial charge in [0.15, 0.2) is 0 Å². The van der Waals surface area contributed by atoms with Gasteiger partial charge in [0.25, 0.3) is 0 Å². The van der Waals surface area contributed by atoms with E-state index in [1.165, 1.54) is 9.80 Å². The number of aliphatic hydroxyl groups is 2. The van der Waals surface area contributed by atoms with Crippen LogP contribution >= 0.6 is 23.2 Å². The van der Waals surface area contributed by atoms with Crippen LogP contribution in [0.15, 0.2) is 48.5 Å². The number of piperidine rings is 2. The normalized spacial score (nSPS) is 26.1. The number of likely N-dealkylation sites (tertiary alicyclic amines) is 2. The first-order valence-corrected chi connectivity index (χ1v) is 11.5. The summed E-state index contributed by atoms with van der Waals surface area (Å²) in [4.78, 5) is 29.0. The summed E-state index contributed by atoms with van der Waals surface area (Å²) in [5.41, 5.74) is -1.13. The zero-order valence-electron chi connectivity index (χ0n) is 17.6. The minimum atomic E-state index is -1.23. The van der Waals surface area contributed by atoms with Crippen molar-refractivity contribution in [2.75, 3.05) is 26.2 Å². The lowest BCUT2D eigenvalue weighted by Gasteiger charge is -2.42. The Hall–Kier alpha value is -2.12. The van der Waals surface area contributed by atoms with Gasteiger partial charge in [-0.3, -0.25) is 9.59 Å². The van der Waals surface area contributed by atoms with E-state index < -0.39 is 23.0 Å². The van der Waals surface area contributed by atoms with Crippen molar-refractivity contribution in [3.63, 3.8) is 0 Å². The van der Waals surface area contributed by atoms with E-state index in [9.17, 15) is 19.8 Å². The van der Waals surface area contributed by atoms with Crippen molar-refractivity contribution < 1.29 is 19.8 Å². The number of amides is 2. The molecule has 2 amide bonds. The first kappa shape index (κ1) is 23.1. The number of hydrogen-bond acceptors (Lipinski definition) is 4. The average Bonchev–Trinajstić information content (AvgIpc) is 2.79.